The van der Waals surface area contributed by atoms with Crippen molar-refractivity contribution in [3.63, 3.8) is 0 Å². The number of ether oxygens (including phenoxy) is 1. The van der Waals surface area contributed by atoms with Gasteiger partial charge in [0.25, 0.3) is 0 Å². The van der Waals surface area contributed by atoms with Gasteiger partial charge in [-0.3, -0.25) is 5.43 Å². The number of nitrogens with one attached hydrogen (secondary N) is 2. The highest BCUT2D eigenvalue weighted by molar-refractivity contribution is 7.80. The van der Waals surface area contributed by atoms with Crippen LogP contribution in [0.4, 0.5) is 8.78 Å². The molecule has 116 valence electrons. The Balaban J connectivity index is 2.92. The number of benzene rings is 1. The summed E-state index contributed by atoms with van der Waals surface area (Å²) in [7, 11) is 0. The second-order valence-corrected chi connectivity index (χ2v) is 5.22. The van der Waals surface area contributed by atoms with Crippen LogP contribution in [-0.2, 0) is 0 Å². The summed E-state index contributed by atoms with van der Waals surface area (Å²) in [6.07, 6.45) is 0. The van der Waals surface area contributed by atoms with Crippen LogP contribution in [0.5, 0.6) is 5.75 Å². The van der Waals surface area contributed by atoms with E-state index in [1.807, 2.05) is 20.8 Å². The molecule has 0 saturated heterocycles. The molecule has 0 heterocycles. The van der Waals surface area contributed by atoms with Crippen molar-refractivity contribution >= 4 is 23.0 Å². The van der Waals surface area contributed by atoms with Gasteiger partial charge in [0.2, 0.25) is 0 Å². The monoisotopic (exact) mass is 315 g/mol. The predicted octanol–water partition coefficient (Wildman–Crippen LogP) is 3.19. The van der Waals surface area contributed by atoms with Gasteiger partial charge in [-0.05, 0) is 52.0 Å². The Morgan fingerprint density at radius 2 is 2.00 bits per heavy atom. The lowest BCUT2D eigenvalue weighted by molar-refractivity contribution is -0.0499. The summed E-state index contributed by atoms with van der Waals surface area (Å²) in [4.78, 5) is 0. The van der Waals surface area contributed by atoms with Crippen LogP contribution in [-0.4, -0.2) is 23.5 Å². The maximum absolute atomic E-state index is 12.4. The summed E-state index contributed by atoms with van der Waals surface area (Å²) in [6.45, 7) is 4.56. The molecule has 1 rings (SSSR count). The fourth-order valence-corrected chi connectivity index (χ4v) is 1.90. The fraction of sp³-hybridized carbons (Fsp3) is 0.429. The first-order valence-electron chi connectivity index (χ1n) is 6.46. The van der Waals surface area contributed by atoms with E-state index in [2.05, 4.69) is 20.6 Å². The molecular formula is C14H19F2N3OS. The number of hydrogen-bond acceptors (Lipinski definition) is 3. The Bertz CT molecular complexity index is 533. The molecule has 0 unspecified atom stereocenters. The average molecular weight is 315 g/mol. The molecule has 0 radical (unpaired) electrons. The van der Waals surface area contributed by atoms with E-state index < -0.39 is 6.61 Å². The molecule has 0 aliphatic carbocycles. The van der Waals surface area contributed by atoms with E-state index in [0.717, 1.165) is 5.56 Å². The maximum atomic E-state index is 12.4. The zero-order valence-electron chi connectivity index (χ0n) is 12.4. The molecule has 2 N–H and O–H groups in total. The topological polar surface area (TPSA) is 45.7 Å². The van der Waals surface area contributed by atoms with Crippen LogP contribution in [0.25, 0.3) is 0 Å². The van der Waals surface area contributed by atoms with Crippen molar-refractivity contribution in [1.82, 2.24) is 10.7 Å². The van der Waals surface area contributed by atoms with Crippen molar-refractivity contribution in [2.24, 2.45) is 5.10 Å². The molecule has 1 aromatic rings. The first-order valence-corrected chi connectivity index (χ1v) is 6.87. The van der Waals surface area contributed by atoms with Crippen molar-refractivity contribution in [2.75, 3.05) is 0 Å². The average Bonchev–Trinajstić information content (AvgIpc) is 2.36. The van der Waals surface area contributed by atoms with E-state index in [9.17, 15) is 8.78 Å². The maximum Gasteiger partial charge on any atom is 0.387 e. The van der Waals surface area contributed by atoms with Crippen LogP contribution >= 0.6 is 12.2 Å². The molecule has 0 saturated carbocycles. The van der Waals surface area contributed by atoms with E-state index in [1.165, 1.54) is 6.07 Å². The van der Waals surface area contributed by atoms with Crippen molar-refractivity contribution in [3.8, 4) is 5.75 Å². The van der Waals surface area contributed by atoms with Crippen LogP contribution in [0.2, 0.25) is 0 Å². The molecule has 0 aromatic heterocycles. The van der Waals surface area contributed by atoms with Crippen LogP contribution < -0.4 is 15.5 Å². The van der Waals surface area contributed by atoms with Gasteiger partial charge < -0.3 is 10.1 Å². The first kappa shape index (κ1) is 17.3. The van der Waals surface area contributed by atoms with Crippen molar-refractivity contribution < 1.29 is 13.5 Å². The van der Waals surface area contributed by atoms with Gasteiger partial charge in [-0.25, -0.2) is 0 Å². The number of nitrogens with zero attached hydrogens (tertiary/aromatic N) is 1. The Morgan fingerprint density at radius 1 is 1.33 bits per heavy atom. The minimum atomic E-state index is -2.88. The molecule has 0 aliphatic heterocycles. The molecule has 4 nitrogen and oxygen atoms in total. The largest absolute Gasteiger partial charge is 0.434 e. The van der Waals surface area contributed by atoms with Gasteiger partial charge in [0.05, 0.1) is 5.71 Å². The zero-order chi connectivity index (χ0) is 16.0. The normalized spacial score (nSPS) is 11.7. The molecule has 1 aromatic carbocycles. The molecule has 0 spiro atoms. The van der Waals surface area contributed by atoms with E-state index in [4.69, 9.17) is 12.2 Å². The van der Waals surface area contributed by atoms with E-state index in [1.54, 1.807) is 19.1 Å². The standard InChI is InChI=1S/C14H19F2N3OS/c1-8(2)17-14(21)19-18-10(4)11-7-9(3)5-6-12(11)20-13(15)16/h5-8,13H,1-4H3,(H2,17,19,21)/b18-10-. The number of halogens is 2. The summed E-state index contributed by atoms with van der Waals surface area (Å²) < 4.78 is 29.3. The van der Waals surface area contributed by atoms with Gasteiger partial charge in [-0.1, -0.05) is 11.6 Å². The number of hydrogen-bond donors (Lipinski definition) is 2. The van der Waals surface area contributed by atoms with Gasteiger partial charge in [0.1, 0.15) is 5.75 Å². The minimum Gasteiger partial charge on any atom is -0.434 e. The van der Waals surface area contributed by atoms with Crippen molar-refractivity contribution in [2.45, 2.75) is 40.3 Å². The lowest BCUT2D eigenvalue weighted by atomic mass is 10.1. The van der Waals surface area contributed by atoms with Crippen LogP contribution in [0, 0.1) is 6.92 Å². The number of thiocarbonyl (C=S) groups is 1. The van der Waals surface area contributed by atoms with Crippen LogP contribution in [0.3, 0.4) is 0 Å². The van der Waals surface area contributed by atoms with E-state index in [0.29, 0.717) is 16.4 Å². The summed E-state index contributed by atoms with van der Waals surface area (Å²) in [5, 5.41) is 7.43. The summed E-state index contributed by atoms with van der Waals surface area (Å²) >= 11 is 5.05. The highest BCUT2D eigenvalue weighted by Crippen LogP contribution is 2.22. The summed E-state index contributed by atoms with van der Waals surface area (Å²) in [6, 6.07) is 5.11. The number of hydrazone groups is 1. The third-order valence-electron chi connectivity index (χ3n) is 2.49. The fourth-order valence-electron chi connectivity index (χ4n) is 1.61. The van der Waals surface area contributed by atoms with E-state index >= 15 is 0 Å². The third kappa shape index (κ3) is 6.03. The van der Waals surface area contributed by atoms with Gasteiger partial charge >= 0.3 is 6.61 Å². The second kappa shape index (κ2) is 7.87. The summed E-state index contributed by atoms with van der Waals surface area (Å²) in [5.74, 6) is 0.0846. The minimum absolute atomic E-state index is 0.0846. The van der Waals surface area contributed by atoms with Gasteiger partial charge in [-0.2, -0.15) is 13.9 Å². The lowest BCUT2D eigenvalue weighted by Gasteiger charge is -2.13. The molecule has 0 aliphatic rings. The van der Waals surface area contributed by atoms with E-state index in [-0.39, 0.29) is 11.8 Å². The lowest BCUT2D eigenvalue weighted by Crippen LogP contribution is -2.37. The van der Waals surface area contributed by atoms with Crippen molar-refractivity contribution in [1.29, 1.82) is 0 Å². The Hall–Kier alpha value is -1.76. The molecule has 0 amide bonds. The molecule has 0 fully saturated rings. The second-order valence-electron chi connectivity index (χ2n) is 4.82. The number of aryl methyl sites for hydroxylation is 1. The SMILES string of the molecule is C/C(=N/NC(=S)NC(C)C)c1cc(C)ccc1OC(F)F. The molecular weight excluding hydrogens is 296 g/mol. The van der Waals surface area contributed by atoms with Gasteiger partial charge in [0.15, 0.2) is 5.11 Å². The Morgan fingerprint density at radius 3 is 2.57 bits per heavy atom. The highest BCUT2D eigenvalue weighted by atomic mass is 32.1. The quantitative estimate of drug-likeness (QED) is 0.498. The van der Waals surface area contributed by atoms with Crippen LogP contribution in [0.15, 0.2) is 23.3 Å². The Kier molecular flexibility index (Phi) is 6.48. The van der Waals surface area contributed by atoms with Gasteiger partial charge in [-0.15, -0.1) is 0 Å². The zero-order valence-corrected chi connectivity index (χ0v) is 13.2. The number of alkyl halides is 2. The molecule has 7 heteroatoms. The first-order chi connectivity index (χ1) is 9.79. The summed E-state index contributed by atoms with van der Waals surface area (Å²) in [5.41, 5.74) is 4.60. The molecule has 0 bridgehead atoms. The highest BCUT2D eigenvalue weighted by Gasteiger charge is 2.12. The third-order valence-corrected chi connectivity index (χ3v) is 2.69. The molecule has 0 atom stereocenters. The number of rotatable bonds is 5. The van der Waals surface area contributed by atoms with Gasteiger partial charge in [0, 0.05) is 11.6 Å². The smallest absolute Gasteiger partial charge is 0.387 e. The molecule has 21 heavy (non-hydrogen) atoms. The van der Waals surface area contributed by atoms with Crippen molar-refractivity contribution in [3.05, 3.63) is 29.3 Å². The Labute approximate surface area is 128 Å². The predicted molar refractivity (Wildman–Crippen MR) is 84.0 cm³/mol. The van der Waals surface area contributed by atoms with Crippen LogP contribution in [0.1, 0.15) is 31.9 Å².